The van der Waals surface area contributed by atoms with E-state index in [1.54, 1.807) is 6.07 Å². The Balaban J connectivity index is 3.73. The van der Waals surface area contributed by atoms with Gasteiger partial charge in [-0.2, -0.15) is 5.26 Å². The molecule has 1 rings (SSSR count). The Morgan fingerprint density at radius 3 is 2.24 bits per heavy atom. The Bertz CT molecular complexity index is 603. The molecule has 0 radical (unpaired) electrons. The normalized spacial score (nSPS) is 10.3. The highest BCUT2D eigenvalue weighted by Crippen LogP contribution is 2.36. The van der Waals surface area contributed by atoms with Gasteiger partial charge in [0.25, 0.3) is 5.69 Å². The van der Waals surface area contributed by atoms with E-state index in [-0.39, 0.29) is 5.56 Å². The molecule has 0 aliphatic carbocycles. The molecule has 0 aromatic heterocycles. The highest BCUT2D eigenvalue weighted by molar-refractivity contribution is 6.07. The van der Waals surface area contributed by atoms with E-state index in [1.807, 2.05) is 0 Å². The molecule has 0 bridgehead atoms. The molecule has 0 heterocycles. The lowest BCUT2D eigenvalue weighted by molar-refractivity contribution is -0.386. The van der Waals surface area contributed by atoms with Gasteiger partial charge in [0.1, 0.15) is 0 Å². The molecular weight excluding hydrogens is 280 g/mol. The summed E-state index contributed by atoms with van der Waals surface area (Å²) in [7, 11) is 2.04. The zero-order chi connectivity index (χ0) is 16.0. The molecule has 1 aromatic rings. The number of carbonyl (C=O) groups is 2. The third-order valence-electron chi connectivity index (χ3n) is 2.97. The summed E-state index contributed by atoms with van der Waals surface area (Å²) in [5.41, 5.74) is -2.90. The summed E-state index contributed by atoms with van der Waals surface area (Å²) in [5, 5.41) is 20.1. The van der Waals surface area contributed by atoms with Crippen LogP contribution in [-0.2, 0) is 24.5 Å². The van der Waals surface area contributed by atoms with Crippen LogP contribution in [0, 0.1) is 21.4 Å². The maximum Gasteiger partial charge on any atom is 0.329 e. The van der Waals surface area contributed by atoms with E-state index in [0.29, 0.717) is 0 Å². The van der Waals surface area contributed by atoms with Crippen molar-refractivity contribution in [3.05, 3.63) is 39.9 Å². The van der Waals surface area contributed by atoms with Crippen molar-refractivity contribution in [2.24, 2.45) is 0 Å². The minimum atomic E-state index is -2.19. The number of nitrogens with zero attached hydrogens (tertiary/aromatic N) is 2. The van der Waals surface area contributed by atoms with Crippen molar-refractivity contribution in [1.29, 1.82) is 5.26 Å². The Hall–Kier alpha value is -2.95. The van der Waals surface area contributed by atoms with E-state index in [4.69, 9.17) is 5.26 Å². The lowest BCUT2D eigenvalue weighted by atomic mass is 9.77. The molecule has 1 aromatic carbocycles. The molecule has 8 heteroatoms. The number of rotatable bonds is 5. The number of esters is 2. The molecule has 0 fully saturated rings. The summed E-state index contributed by atoms with van der Waals surface area (Å²) in [4.78, 5) is 34.6. The molecule has 0 amide bonds. The van der Waals surface area contributed by atoms with E-state index < -0.39 is 34.4 Å². The summed E-state index contributed by atoms with van der Waals surface area (Å²) >= 11 is 0. The van der Waals surface area contributed by atoms with Crippen molar-refractivity contribution in [3.8, 4) is 6.07 Å². The molecule has 0 spiro atoms. The zero-order valence-electron chi connectivity index (χ0n) is 11.4. The van der Waals surface area contributed by atoms with Crippen LogP contribution in [0.4, 0.5) is 5.69 Å². The van der Waals surface area contributed by atoms with Crippen molar-refractivity contribution >= 4 is 17.6 Å². The quantitative estimate of drug-likeness (QED) is 0.345. The van der Waals surface area contributed by atoms with Gasteiger partial charge < -0.3 is 9.47 Å². The van der Waals surface area contributed by atoms with E-state index in [0.717, 1.165) is 20.3 Å². The number of carbonyl (C=O) groups excluding carboxylic acids is 2. The second-order valence-electron chi connectivity index (χ2n) is 4.00. The van der Waals surface area contributed by atoms with Gasteiger partial charge in [0, 0.05) is 6.07 Å². The van der Waals surface area contributed by atoms with Gasteiger partial charge in [0.15, 0.2) is 0 Å². The van der Waals surface area contributed by atoms with Crippen LogP contribution in [-0.4, -0.2) is 31.1 Å². The Morgan fingerprint density at radius 1 is 1.29 bits per heavy atom. The van der Waals surface area contributed by atoms with Crippen LogP contribution in [0.2, 0.25) is 0 Å². The van der Waals surface area contributed by atoms with Gasteiger partial charge in [-0.15, -0.1) is 0 Å². The molecule has 0 atom stereocenters. The van der Waals surface area contributed by atoms with Crippen LogP contribution in [0.1, 0.15) is 12.0 Å². The molecule has 8 nitrogen and oxygen atoms in total. The first-order valence-electron chi connectivity index (χ1n) is 5.73. The molecular formula is C13H12N2O6. The minimum absolute atomic E-state index is 0.241. The fraction of sp³-hybridized carbons (Fsp3) is 0.308. The van der Waals surface area contributed by atoms with Crippen molar-refractivity contribution in [2.75, 3.05) is 14.2 Å². The number of hydrogen-bond acceptors (Lipinski definition) is 7. The first-order valence-corrected chi connectivity index (χ1v) is 5.73. The summed E-state index contributed by atoms with van der Waals surface area (Å²) in [6, 6.07) is 6.84. The number of nitro groups is 1. The summed E-state index contributed by atoms with van der Waals surface area (Å²) in [6.07, 6.45) is -0.642. The van der Waals surface area contributed by atoms with Gasteiger partial charge in [-0.3, -0.25) is 19.7 Å². The Labute approximate surface area is 120 Å². The topological polar surface area (TPSA) is 120 Å². The summed E-state index contributed by atoms with van der Waals surface area (Å²) in [6.45, 7) is 0. The molecule has 0 saturated heterocycles. The number of methoxy groups -OCH3 is 2. The van der Waals surface area contributed by atoms with Gasteiger partial charge in [-0.05, 0) is 0 Å². The third kappa shape index (κ3) is 2.67. The number of hydrogen-bond donors (Lipinski definition) is 0. The fourth-order valence-corrected chi connectivity index (χ4v) is 2.00. The van der Waals surface area contributed by atoms with Crippen molar-refractivity contribution in [3.63, 3.8) is 0 Å². The maximum atomic E-state index is 12.1. The zero-order valence-corrected chi connectivity index (χ0v) is 11.4. The van der Waals surface area contributed by atoms with E-state index in [2.05, 4.69) is 9.47 Å². The molecule has 0 N–H and O–H groups in total. The first kappa shape index (κ1) is 16.1. The molecule has 0 saturated carbocycles. The van der Waals surface area contributed by atoms with Crippen LogP contribution >= 0.6 is 0 Å². The van der Waals surface area contributed by atoms with Gasteiger partial charge in [0.2, 0.25) is 5.41 Å². The molecule has 21 heavy (non-hydrogen) atoms. The van der Waals surface area contributed by atoms with Crippen LogP contribution in [0.15, 0.2) is 24.3 Å². The van der Waals surface area contributed by atoms with E-state index in [1.165, 1.54) is 18.2 Å². The van der Waals surface area contributed by atoms with Crippen molar-refractivity contribution in [1.82, 2.24) is 0 Å². The largest absolute Gasteiger partial charge is 0.468 e. The molecule has 0 aliphatic rings. The van der Waals surface area contributed by atoms with E-state index in [9.17, 15) is 19.7 Å². The second-order valence-corrected chi connectivity index (χ2v) is 4.00. The predicted octanol–water partition coefficient (Wildman–Crippen LogP) is 1.09. The number of nitriles is 1. The molecule has 110 valence electrons. The number of nitro benzene ring substituents is 1. The average Bonchev–Trinajstić information content (AvgIpc) is 2.51. The van der Waals surface area contributed by atoms with Crippen LogP contribution in [0.3, 0.4) is 0 Å². The minimum Gasteiger partial charge on any atom is -0.468 e. The van der Waals surface area contributed by atoms with Crippen molar-refractivity contribution < 1.29 is 24.0 Å². The van der Waals surface area contributed by atoms with Gasteiger partial charge >= 0.3 is 11.9 Å². The van der Waals surface area contributed by atoms with Crippen LogP contribution < -0.4 is 0 Å². The number of benzene rings is 1. The van der Waals surface area contributed by atoms with Crippen LogP contribution in [0.5, 0.6) is 0 Å². The first-order chi connectivity index (χ1) is 9.95. The molecule has 0 aliphatic heterocycles. The predicted molar refractivity (Wildman–Crippen MR) is 69.0 cm³/mol. The van der Waals surface area contributed by atoms with E-state index >= 15 is 0 Å². The second kappa shape index (κ2) is 6.47. The number of ether oxygens (including phenoxy) is 2. The molecule has 0 unspecified atom stereocenters. The van der Waals surface area contributed by atoms with Gasteiger partial charge in [-0.1, -0.05) is 18.2 Å². The summed E-state index contributed by atoms with van der Waals surface area (Å²) in [5.74, 6) is -2.18. The van der Waals surface area contributed by atoms with Crippen molar-refractivity contribution in [2.45, 2.75) is 11.8 Å². The average molecular weight is 292 g/mol. The third-order valence-corrected chi connectivity index (χ3v) is 2.97. The Kier molecular flexibility index (Phi) is 4.96. The number of para-hydroxylation sites is 1. The SMILES string of the molecule is COC(=O)C(CC#N)(C(=O)OC)c1ccccc1[N+](=O)[O-]. The standard InChI is InChI=1S/C13H12N2O6/c1-20-11(16)13(7-8-14,12(17)21-2)9-5-3-4-6-10(9)15(18)19/h3-6H,7H2,1-2H3. The fourth-order valence-electron chi connectivity index (χ4n) is 2.00. The lowest BCUT2D eigenvalue weighted by Gasteiger charge is -2.25. The van der Waals surface area contributed by atoms with Crippen LogP contribution in [0.25, 0.3) is 0 Å². The smallest absolute Gasteiger partial charge is 0.329 e. The lowest BCUT2D eigenvalue weighted by Crippen LogP contribution is -2.45. The Morgan fingerprint density at radius 2 is 1.81 bits per heavy atom. The highest BCUT2D eigenvalue weighted by atomic mass is 16.6. The van der Waals surface area contributed by atoms with Gasteiger partial charge in [-0.25, -0.2) is 0 Å². The summed E-state index contributed by atoms with van der Waals surface area (Å²) < 4.78 is 9.13. The highest BCUT2D eigenvalue weighted by Gasteiger charge is 2.53. The maximum absolute atomic E-state index is 12.1. The monoisotopic (exact) mass is 292 g/mol. The van der Waals surface area contributed by atoms with Gasteiger partial charge in [0.05, 0.1) is 37.2 Å².